The molecule has 2 N–H and O–H groups in total. The average molecular weight is 445 g/mol. The largest absolute Gasteiger partial charge is 0.502 e. The number of methoxy groups -OCH3 is 2. The molecule has 0 atom stereocenters. The highest BCUT2D eigenvalue weighted by atomic mass is 19.1. The van der Waals surface area contributed by atoms with Crippen molar-refractivity contribution in [1.82, 2.24) is 5.32 Å². The van der Waals surface area contributed by atoms with Crippen LogP contribution in [0.3, 0.4) is 0 Å². The summed E-state index contributed by atoms with van der Waals surface area (Å²) < 4.78 is 24.7. The Hall–Kier alpha value is -4.06. The van der Waals surface area contributed by atoms with Gasteiger partial charge in [0.1, 0.15) is 5.82 Å². The molecule has 168 valence electrons. The van der Waals surface area contributed by atoms with Gasteiger partial charge in [0.05, 0.1) is 14.2 Å². The maximum absolute atomic E-state index is 14.1. The van der Waals surface area contributed by atoms with Gasteiger partial charge in [-0.3, -0.25) is 4.79 Å². The van der Waals surface area contributed by atoms with E-state index in [-0.39, 0.29) is 35.5 Å². The van der Waals surface area contributed by atoms with Crippen LogP contribution in [0.2, 0.25) is 0 Å². The highest BCUT2D eigenvalue weighted by Gasteiger charge is 2.25. The third kappa shape index (κ3) is 4.32. The molecule has 3 aromatic rings. The zero-order chi connectivity index (χ0) is 23.5. The van der Waals surface area contributed by atoms with Crippen LogP contribution in [0, 0.1) is 5.82 Å². The molecule has 0 saturated carbocycles. The summed E-state index contributed by atoms with van der Waals surface area (Å²) in [5.41, 5.74) is 5.58. The van der Waals surface area contributed by atoms with E-state index in [0.717, 1.165) is 33.4 Å². The normalized spacial score (nSPS) is 13.8. The molecule has 0 radical (unpaired) electrons. The van der Waals surface area contributed by atoms with Crippen LogP contribution in [0.4, 0.5) is 4.39 Å². The lowest BCUT2D eigenvalue weighted by molar-refractivity contribution is 0.0958. The number of benzene rings is 3. The van der Waals surface area contributed by atoms with Gasteiger partial charge in [-0.1, -0.05) is 24.3 Å². The SMILES string of the molecule is COc1cc(C=C2C(C)=C(CNC(=O)c3ccccc3)c3cc(F)ccc32)cc(OC)c1O. The molecule has 1 aliphatic rings. The summed E-state index contributed by atoms with van der Waals surface area (Å²) in [6.07, 6.45) is 1.93. The van der Waals surface area contributed by atoms with Gasteiger partial charge < -0.3 is 19.9 Å². The van der Waals surface area contributed by atoms with E-state index in [4.69, 9.17) is 9.47 Å². The molecule has 6 heteroatoms. The fourth-order valence-corrected chi connectivity index (χ4v) is 4.01. The van der Waals surface area contributed by atoms with Crippen LogP contribution in [-0.2, 0) is 0 Å². The Labute approximate surface area is 191 Å². The van der Waals surface area contributed by atoms with Crippen molar-refractivity contribution in [3.05, 3.63) is 94.3 Å². The van der Waals surface area contributed by atoms with Gasteiger partial charge in [-0.05, 0) is 82.8 Å². The first-order chi connectivity index (χ1) is 15.9. The van der Waals surface area contributed by atoms with E-state index in [1.807, 2.05) is 19.1 Å². The minimum Gasteiger partial charge on any atom is -0.502 e. The number of fused-ring (bicyclic) bond motifs is 1. The van der Waals surface area contributed by atoms with Crippen LogP contribution in [0.5, 0.6) is 17.2 Å². The molecule has 0 saturated heterocycles. The maximum atomic E-state index is 14.1. The Morgan fingerprint density at radius 3 is 2.30 bits per heavy atom. The quantitative estimate of drug-likeness (QED) is 0.540. The Morgan fingerprint density at radius 2 is 1.67 bits per heavy atom. The molecular formula is C27H24FNO4. The average Bonchev–Trinajstić information content (AvgIpc) is 3.08. The fourth-order valence-electron chi connectivity index (χ4n) is 4.01. The van der Waals surface area contributed by atoms with Gasteiger partial charge >= 0.3 is 0 Å². The number of carbonyl (C=O) groups excluding carboxylic acids is 1. The third-order valence-electron chi connectivity index (χ3n) is 5.73. The van der Waals surface area contributed by atoms with E-state index in [0.29, 0.717) is 5.56 Å². The first-order valence-electron chi connectivity index (χ1n) is 10.4. The standard InChI is InChI=1S/C27H24FNO4/c1-16-21(11-17-12-24(32-2)26(30)25(13-17)33-3)20-10-9-19(28)14-22(20)23(16)15-29-27(31)18-7-5-4-6-8-18/h4-14,30H,15H2,1-3H3,(H,29,31). The lowest BCUT2D eigenvalue weighted by Gasteiger charge is -2.11. The van der Waals surface area contributed by atoms with Crippen molar-refractivity contribution in [2.45, 2.75) is 6.92 Å². The van der Waals surface area contributed by atoms with E-state index < -0.39 is 0 Å². The highest BCUT2D eigenvalue weighted by Crippen LogP contribution is 2.44. The molecule has 0 fully saturated rings. The number of allylic oxidation sites excluding steroid dienone is 2. The summed E-state index contributed by atoms with van der Waals surface area (Å²) in [4.78, 5) is 12.6. The Morgan fingerprint density at radius 1 is 1.00 bits per heavy atom. The predicted molar refractivity (Wildman–Crippen MR) is 127 cm³/mol. The minimum absolute atomic E-state index is 0.0763. The lowest BCUT2D eigenvalue weighted by Crippen LogP contribution is -2.25. The first kappa shape index (κ1) is 22.1. The monoisotopic (exact) mass is 445 g/mol. The van der Waals surface area contributed by atoms with Crippen molar-refractivity contribution in [2.75, 3.05) is 20.8 Å². The van der Waals surface area contributed by atoms with Gasteiger partial charge in [-0.15, -0.1) is 0 Å². The molecular weight excluding hydrogens is 421 g/mol. The van der Waals surface area contributed by atoms with Crippen LogP contribution in [0.1, 0.15) is 34.0 Å². The molecule has 0 aliphatic heterocycles. The van der Waals surface area contributed by atoms with Crippen molar-refractivity contribution in [1.29, 1.82) is 0 Å². The number of rotatable bonds is 6. The molecule has 0 aromatic heterocycles. The summed E-state index contributed by atoms with van der Waals surface area (Å²) in [7, 11) is 2.94. The number of hydrogen-bond donors (Lipinski definition) is 2. The summed E-state index contributed by atoms with van der Waals surface area (Å²) in [5.74, 6) is -0.0411. The van der Waals surface area contributed by atoms with E-state index in [2.05, 4.69) is 5.32 Å². The molecule has 0 heterocycles. The van der Waals surface area contributed by atoms with Gasteiger partial charge in [0.2, 0.25) is 5.75 Å². The van der Waals surface area contributed by atoms with Gasteiger partial charge in [-0.25, -0.2) is 4.39 Å². The van der Waals surface area contributed by atoms with Gasteiger partial charge in [-0.2, -0.15) is 0 Å². The predicted octanol–water partition coefficient (Wildman–Crippen LogP) is 5.31. The van der Waals surface area contributed by atoms with Gasteiger partial charge in [0, 0.05) is 12.1 Å². The number of halogens is 1. The molecule has 3 aromatic carbocycles. The van der Waals surface area contributed by atoms with E-state index in [1.54, 1.807) is 42.5 Å². The summed E-state index contributed by atoms with van der Waals surface area (Å²) in [5, 5.41) is 13.2. The topological polar surface area (TPSA) is 67.8 Å². The van der Waals surface area contributed by atoms with Crippen LogP contribution < -0.4 is 14.8 Å². The number of hydrogen-bond acceptors (Lipinski definition) is 4. The second kappa shape index (κ2) is 9.20. The lowest BCUT2D eigenvalue weighted by atomic mass is 10.00. The number of ether oxygens (including phenoxy) is 2. The fraction of sp³-hybridized carbons (Fsp3) is 0.148. The van der Waals surface area contributed by atoms with Crippen molar-refractivity contribution in [2.24, 2.45) is 0 Å². The van der Waals surface area contributed by atoms with Crippen molar-refractivity contribution >= 4 is 23.1 Å². The Bertz CT molecular complexity index is 1250. The summed E-state index contributed by atoms with van der Waals surface area (Å²) in [6.45, 7) is 2.21. The molecule has 33 heavy (non-hydrogen) atoms. The molecule has 5 nitrogen and oxygen atoms in total. The number of carbonyl (C=O) groups is 1. The Balaban J connectivity index is 1.73. The molecule has 1 aliphatic carbocycles. The second-order valence-corrected chi connectivity index (χ2v) is 7.67. The van der Waals surface area contributed by atoms with E-state index in [1.165, 1.54) is 26.4 Å². The summed E-state index contributed by atoms with van der Waals surface area (Å²) >= 11 is 0. The minimum atomic E-state index is -0.345. The third-order valence-corrected chi connectivity index (χ3v) is 5.73. The number of aromatic hydroxyl groups is 1. The highest BCUT2D eigenvalue weighted by molar-refractivity contribution is 6.06. The summed E-state index contributed by atoms with van der Waals surface area (Å²) in [6, 6.07) is 17.0. The number of phenols is 1. The molecule has 4 rings (SSSR count). The van der Waals surface area contributed by atoms with Crippen molar-refractivity contribution in [3.63, 3.8) is 0 Å². The van der Waals surface area contributed by atoms with E-state index in [9.17, 15) is 14.3 Å². The first-order valence-corrected chi connectivity index (χ1v) is 10.4. The molecule has 0 bridgehead atoms. The van der Waals surface area contributed by atoms with Gasteiger partial charge in [0.15, 0.2) is 11.5 Å². The number of phenolic OH excluding ortho intramolecular Hbond substituents is 1. The smallest absolute Gasteiger partial charge is 0.251 e. The maximum Gasteiger partial charge on any atom is 0.251 e. The molecule has 0 unspecified atom stereocenters. The second-order valence-electron chi connectivity index (χ2n) is 7.67. The van der Waals surface area contributed by atoms with Gasteiger partial charge in [0.25, 0.3) is 5.91 Å². The zero-order valence-corrected chi connectivity index (χ0v) is 18.6. The van der Waals surface area contributed by atoms with Crippen LogP contribution in [0.25, 0.3) is 17.2 Å². The molecule has 1 amide bonds. The van der Waals surface area contributed by atoms with Crippen LogP contribution in [-0.4, -0.2) is 31.8 Å². The zero-order valence-electron chi connectivity index (χ0n) is 18.6. The molecule has 0 spiro atoms. The van der Waals surface area contributed by atoms with Crippen LogP contribution in [0.15, 0.2) is 66.2 Å². The number of nitrogens with one attached hydrogen (secondary N) is 1. The number of amides is 1. The van der Waals surface area contributed by atoms with Crippen LogP contribution >= 0.6 is 0 Å². The van der Waals surface area contributed by atoms with E-state index >= 15 is 0 Å². The van der Waals surface area contributed by atoms with Crippen molar-refractivity contribution < 1.29 is 23.8 Å². The Kier molecular flexibility index (Phi) is 6.18. The van der Waals surface area contributed by atoms with Crippen molar-refractivity contribution in [3.8, 4) is 17.2 Å².